The first-order valence-electron chi connectivity index (χ1n) is 28.2. The Balaban J connectivity index is 0.761. The van der Waals surface area contributed by atoms with Crippen LogP contribution in [0, 0.1) is 28.1 Å². The maximum atomic E-state index is 14.7. The summed E-state index contributed by atoms with van der Waals surface area (Å²) in [4.78, 5) is 73.8. The van der Waals surface area contributed by atoms with Crippen molar-refractivity contribution in [3.8, 4) is 24.2 Å². The summed E-state index contributed by atoms with van der Waals surface area (Å²) in [5, 5.41) is 31.9. The van der Waals surface area contributed by atoms with Gasteiger partial charge in [-0.2, -0.15) is 30.5 Å². The third-order valence-corrected chi connectivity index (χ3v) is 20.6. The molecule has 9 heterocycles. The van der Waals surface area contributed by atoms with Crippen molar-refractivity contribution in [1.82, 2.24) is 50.0 Å². The fraction of sp³-hybridized carbons (Fsp3) is 0.569. The number of thiophene rings is 2. The Morgan fingerprint density at radius 2 is 1.43 bits per heavy atom. The number of nitrogens with one attached hydrogen (secondary N) is 1. The number of likely N-dealkylation sites (N-methyl/N-ethyl adjacent to an activating group) is 2. The summed E-state index contributed by atoms with van der Waals surface area (Å²) in [5.41, 5.74) is 6.98. The zero-order valence-electron chi connectivity index (χ0n) is 45.5. The topological polar surface area (TPSA) is 204 Å². The number of hydrogen-bond donors (Lipinski definition) is 1. The van der Waals surface area contributed by atoms with Gasteiger partial charge in [0.25, 0.3) is 5.91 Å². The SMILES string of the molecule is C=CC(=O)N1CCN(c2nc(OCC3CCCN3C)nc3c2CCC2(C3)Cc3scc(C4CN(C)N(COc5nc6c(c(N7CCN(C(=O)C=C)[C@H](CC#N)C7)n5)CC[C@@]5(CCc7ccsc7C5)C6)C4)c3C(=O)N2)CC1CC#N. The van der Waals surface area contributed by atoms with Crippen LogP contribution in [0.15, 0.2) is 42.1 Å². The summed E-state index contributed by atoms with van der Waals surface area (Å²) in [6.07, 6.45) is 13.8. The fourth-order valence-electron chi connectivity index (χ4n) is 14.2. The number of nitrogens with zero attached hydrogens (tertiary/aromatic N) is 13. The monoisotopic (exact) mass is 1110 g/mol. The Labute approximate surface area is 470 Å². The molecule has 0 bridgehead atoms. The van der Waals surface area contributed by atoms with Gasteiger partial charge in [0.1, 0.15) is 18.2 Å². The second-order valence-electron chi connectivity index (χ2n) is 23.3. The Hall–Kier alpha value is -6.49. The van der Waals surface area contributed by atoms with Crippen LogP contribution in [0.25, 0.3) is 0 Å². The van der Waals surface area contributed by atoms with E-state index in [-0.39, 0.29) is 66.8 Å². The van der Waals surface area contributed by atoms with E-state index in [0.29, 0.717) is 96.7 Å². The third-order valence-electron chi connectivity index (χ3n) is 18.6. The van der Waals surface area contributed by atoms with Gasteiger partial charge in [-0.1, -0.05) is 13.2 Å². The number of fused-ring (bicyclic) bond motifs is 4. The van der Waals surface area contributed by atoms with E-state index < -0.39 is 5.54 Å². The normalized spacial score (nSPS) is 26.9. The first kappa shape index (κ1) is 53.2. The summed E-state index contributed by atoms with van der Waals surface area (Å²) in [6.45, 7) is 13.5. The molecular weight excluding hydrogens is 1040 g/mol. The van der Waals surface area contributed by atoms with E-state index in [4.69, 9.17) is 29.4 Å². The van der Waals surface area contributed by atoms with Gasteiger partial charge in [0, 0.05) is 105 Å². The molecule has 0 radical (unpaired) electrons. The molecule has 19 nitrogen and oxygen atoms in total. The number of piperazine rings is 2. The summed E-state index contributed by atoms with van der Waals surface area (Å²) >= 11 is 3.54. The number of ether oxygens (including phenoxy) is 2. The number of aryl methyl sites for hydroxylation is 1. The van der Waals surface area contributed by atoms with Gasteiger partial charge in [-0.25, -0.2) is 10.0 Å². The van der Waals surface area contributed by atoms with Gasteiger partial charge in [0.05, 0.1) is 59.6 Å². The van der Waals surface area contributed by atoms with E-state index in [2.05, 4.69) is 86.3 Å². The van der Waals surface area contributed by atoms with Crippen molar-refractivity contribution in [1.29, 1.82) is 10.5 Å². The quantitative estimate of drug-likeness (QED) is 0.170. The highest BCUT2D eigenvalue weighted by Crippen LogP contribution is 2.49. The summed E-state index contributed by atoms with van der Waals surface area (Å²) < 4.78 is 13.1. The molecule has 6 atom stereocenters. The lowest BCUT2D eigenvalue weighted by atomic mass is 9.65. The van der Waals surface area contributed by atoms with Gasteiger partial charge in [-0.15, -0.1) is 22.7 Å². The summed E-state index contributed by atoms with van der Waals surface area (Å²) in [6, 6.07) is 7.18. The van der Waals surface area contributed by atoms with Crippen molar-refractivity contribution in [3.63, 3.8) is 0 Å². The Kier molecular flexibility index (Phi) is 14.7. The Morgan fingerprint density at radius 1 is 0.772 bits per heavy atom. The standard InChI is InChI=1S/C58H70N14O5S2/c1-5-49(73)71-23-21-68(32-39(71)12-18-59)52-42-10-16-57(15-9-37-14-25-78-47(37)28-57)26-45(42)61-56(64-52)77-36-70-31-38(30-67(70)4)44-35-79-48-29-58(65-54(75)51(44)48)17-11-43-46(27-58)62-55(76-34-41-8-7-20-66(41)3)63-53(43)69-22-24-72(50(74)6-2)40(33-69)13-19-60/h5-6,14,25,35,38-41H,1-2,7-13,15-17,20-24,26-34,36H2,3-4H3,(H,65,75)/t38?,39-,40?,41?,57+,58?/m1/s1. The highest BCUT2D eigenvalue weighted by Gasteiger charge is 2.47. The molecule has 79 heavy (non-hydrogen) atoms. The van der Waals surface area contributed by atoms with Crippen LogP contribution in [-0.2, 0) is 54.5 Å². The number of aromatic nitrogens is 4. The largest absolute Gasteiger partial charge is 0.462 e. The highest BCUT2D eigenvalue weighted by atomic mass is 32.1. The minimum atomic E-state index is -0.539. The van der Waals surface area contributed by atoms with Crippen LogP contribution < -0.4 is 24.6 Å². The van der Waals surface area contributed by atoms with E-state index in [0.717, 1.165) is 108 Å². The second-order valence-corrected chi connectivity index (χ2v) is 25.3. The van der Waals surface area contributed by atoms with Gasteiger partial charge in [0.2, 0.25) is 11.8 Å². The Morgan fingerprint density at radius 3 is 2.09 bits per heavy atom. The van der Waals surface area contributed by atoms with Gasteiger partial charge in [-0.05, 0) is 123 Å². The molecule has 3 amide bonds. The fourth-order valence-corrected chi connectivity index (χ4v) is 16.6. The predicted molar refractivity (Wildman–Crippen MR) is 300 cm³/mol. The van der Waals surface area contributed by atoms with Crippen LogP contribution in [0.4, 0.5) is 11.6 Å². The average Bonchev–Trinajstić information content (AvgIpc) is 4.49. The molecule has 0 saturated carbocycles. The first-order valence-corrected chi connectivity index (χ1v) is 29.9. The van der Waals surface area contributed by atoms with Crippen molar-refractivity contribution in [2.24, 2.45) is 5.41 Å². The smallest absolute Gasteiger partial charge is 0.319 e. The van der Waals surface area contributed by atoms with Crippen LogP contribution in [0.5, 0.6) is 12.0 Å². The maximum absolute atomic E-state index is 14.7. The number of rotatable bonds is 13. The molecule has 414 valence electrons. The lowest BCUT2D eigenvalue weighted by molar-refractivity contribution is -0.129. The van der Waals surface area contributed by atoms with Gasteiger partial charge < -0.3 is 39.3 Å². The molecule has 2 spiro atoms. The number of hydrogen-bond acceptors (Lipinski definition) is 18. The molecule has 4 saturated heterocycles. The zero-order valence-corrected chi connectivity index (χ0v) is 47.1. The van der Waals surface area contributed by atoms with E-state index in [1.807, 2.05) is 11.3 Å². The van der Waals surface area contributed by atoms with Crippen LogP contribution in [0.2, 0.25) is 0 Å². The first-order chi connectivity index (χ1) is 38.4. The molecule has 1 N–H and O–H groups in total. The number of amides is 3. The van der Waals surface area contributed by atoms with Gasteiger partial charge >= 0.3 is 12.0 Å². The van der Waals surface area contributed by atoms with Crippen molar-refractivity contribution in [3.05, 3.63) is 91.1 Å². The number of carbonyl (C=O) groups is 3. The molecule has 21 heteroatoms. The van der Waals surface area contributed by atoms with E-state index >= 15 is 0 Å². The molecule has 5 aliphatic heterocycles. The molecule has 4 fully saturated rings. The minimum absolute atomic E-state index is 0.0524. The van der Waals surface area contributed by atoms with Crippen LogP contribution in [0.3, 0.4) is 0 Å². The van der Waals surface area contributed by atoms with Crippen molar-refractivity contribution in [2.75, 3.05) is 96.1 Å². The molecule has 3 aliphatic carbocycles. The minimum Gasteiger partial charge on any atom is -0.462 e. The van der Waals surface area contributed by atoms with E-state index in [9.17, 15) is 24.9 Å². The van der Waals surface area contributed by atoms with Gasteiger partial charge in [0.15, 0.2) is 6.73 Å². The Bertz CT molecular complexity index is 3150. The van der Waals surface area contributed by atoms with E-state index in [1.165, 1.54) is 22.6 Å². The average molecular weight is 1110 g/mol. The van der Waals surface area contributed by atoms with Crippen LogP contribution in [-0.4, -0.2) is 172 Å². The molecule has 4 aromatic heterocycles. The highest BCUT2D eigenvalue weighted by molar-refractivity contribution is 7.10. The summed E-state index contributed by atoms with van der Waals surface area (Å²) in [7, 11) is 4.18. The number of hydrazine groups is 1. The lowest BCUT2D eigenvalue weighted by Crippen LogP contribution is -2.57. The molecule has 4 unspecified atom stereocenters. The third kappa shape index (κ3) is 10.3. The summed E-state index contributed by atoms with van der Waals surface area (Å²) in [5.74, 6) is 1.29. The van der Waals surface area contributed by atoms with Crippen LogP contribution >= 0.6 is 22.7 Å². The van der Waals surface area contributed by atoms with E-state index in [1.54, 1.807) is 21.1 Å². The van der Waals surface area contributed by atoms with Crippen LogP contribution in [0.1, 0.15) is 105 Å². The number of carbonyl (C=O) groups excluding carboxylic acids is 3. The second kappa shape index (κ2) is 21.9. The van der Waals surface area contributed by atoms with Crippen molar-refractivity contribution >= 4 is 52.0 Å². The maximum Gasteiger partial charge on any atom is 0.319 e. The molecular formula is C58H70N14O5S2. The number of nitriles is 2. The molecule has 4 aromatic rings. The molecule has 12 rings (SSSR count). The lowest BCUT2D eigenvalue weighted by Gasteiger charge is -2.44. The van der Waals surface area contributed by atoms with Crippen molar-refractivity contribution < 1.29 is 23.9 Å². The number of likely N-dealkylation sites (tertiary alicyclic amines) is 1. The van der Waals surface area contributed by atoms with Crippen molar-refractivity contribution in [2.45, 2.75) is 119 Å². The van der Waals surface area contributed by atoms with Gasteiger partial charge in [-0.3, -0.25) is 14.4 Å². The number of anilines is 2. The molecule has 8 aliphatic rings. The predicted octanol–water partition coefficient (Wildman–Crippen LogP) is 5.26. The molecule has 0 aromatic carbocycles. The zero-order chi connectivity index (χ0) is 54.6.